The van der Waals surface area contributed by atoms with E-state index in [1.165, 1.54) is 10.5 Å². The zero-order valence-corrected chi connectivity index (χ0v) is 19.5. The summed E-state index contributed by atoms with van der Waals surface area (Å²) in [4.78, 5) is 22.8. The first-order chi connectivity index (χ1) is 13.4. The van der Waals surface area contributed by atoms with Gasteiger partial charge in [0.1, 0.15) is 10.8 Å². The fraction of sp³-hybridized carbons (Fsp3) is 0.522. The van der Waals surface area contributed by atoms with E-state index in [9.17, 15) is 4.79 Å². The summed E-state index contributed by atoms with van der Waals surface area (Å²) < 4.78 is 5.45. The van der Waals surface area contributed by atoms with Gasteiger partial charge in [0.05, 0.1) is 5.69 Å². The van der Waals surface area contributed by atoms with Crippen LogP contribution in [0.1, 0.15) is 57.7 Å². The molecule has 0 unspecified atom stereocenters. The lowest BCUT2D eigenvalue weighted by Crippen LogP contribution is -2.35. The maximum atomic E-state index is 12.5. The minimum absolute atomic E-state index is 0.225. The van der Waals surface area contributed by atoms with Crippen LogP contribution < -0.4 is 4.90 Å². The second-order valence-electron chi connectivity index (χ2n) is 8.87. The molecular formula is C23H32ClN3O2. The van der Waals surface area contributed by atoms with E-state index >= 15 is 0 Å². The number of benzene rings is 1. The Kier molecular flexibility index (Phi) is 7.28. The van der Waals surface area contributed by atoms with E-state index in [1.807, 2.05) is 27.7 Å². The molecule has 0 atom stereocenters. The highest BCUT2D eigenvalue weighted by Crippen LogP contribution is 2.33. The van der Waals surface area contributed by atoms with E-state index in [0.717, 1.165) is 35.2 Å². The molecule has 0 bridgehead atoms. The van der Waals surface area contributed by atoms with Crippen LogP contribution in [0.15, 0.2) is 18.2 Å². The molecular weight excluding hydrogens is 386 g/mol. The van der Waals surface area contributed by atoms with Crippen LogP contribution in [-0.2, 0) is 11.2 Å². The summed E-state index contributed by atoms with van der Waals surface area (Å²) in [5.74, 6) is 0.829. The molecule has 158 valence electrons. The third-order valence-electron chi connectivity index (χ3n) is 4.63. The molecule has 0 N–H and O–H groups in total. The molecule has 6 heteroatoms. The van der Waals surface area contributed by atoms with E-state index in [0.29, 0.717) is 11.1 Å². The minimum atomic E-state index is -0.608. The van der Waals surface area contributed by atoms with Gasteiger partial charge >= 0.3 is 6.09 Å². The average molecular weight is 418 g/mol. The Labute approximate surface area is 179 Å². The lowest BCUT2D eigenvalue weighted by molar-refractivity contribution is 0.0587. The number of aryl methyl sites for hydroxylation is 2. The third-order valence-corrected chi connectivity index (χ3v) is 5.00. The monoisotopic (exact) mass is 417 g/mol. The van der Waals surface area contributed by atoms with Gasteiger partial charge in [-0.15, -0.1) is 0 Å². The van der Waals surface area contributed by atoms with Crippen molar-refractivity contribution in [2.75, 3.05) is 11.9 Å². The smallest absolute Gasteiger partial charge is 0.416 e. The van der Waals surface area contributed by atoms with Crippen LogP contribution in [0.25, 0.3) is 11.3 Å². The molecule has 5 nitrogen and oxygen atoms in total. The number of ether oxygens (including phenoxy) is 1. The van der Waals surface area contributed by atoms with Gasteiger partial charge in [0, 0.05) is 18.2 Å². The van der Waals surface area contributed by atoms with Crippen LogP contribution in [0.5, 0.6) is 0 Å². The van der Waals surface area contributed by atoms with E-state index < -0.39 is 11.7 Å². The van der Waals surface area contributed by atoms with Crippen molar-refractivity contribution in [1.82, 2.24) is 9.97 Å². The van der Waals surface area contributed by atoms with E-state index in [-0.39, 0.29) is 5.95 Å². The number of halogens is 1. The molecule has 0 aliphatic heterocycles. The third kappa shape index (κ3) is 5.92. The zero-order chi connectivity index (χ0) is 21.9. The molecule has 1 aromatic heterocycles. The molecule has 2 aromatic rings. The van der Waals surface area contributed by atoms with Crippen LogP contribution in [0.4, 0.5) is 10.7 Å². The molecule has 0 fully saturated rings. The van der Waals surface area contributed by atoms with Crippen LogP contribution in [0, 0.1) is 19.8 Å². The van der Waals surface area contributed by atoms with Crippen molar-refractivity contribution < 1.29 is 9.53 Å². The fourth-order valence-corrected chi connectivity index (χ4v) is 3.17. The van der Waals surface area contributed by atoms with Gasteiger partial charge in [-0.1, -0.05) is 43.6 Å². The van der Waals surface area contributed by atoms with Crippen molar-refractivity contribution in [3.05, 3.63) is 40.0 Å². The quantitative estimate of drug-likeness (QED) is 0.530. The van der Waals surface area contributed by atoms with Crippen molar-refractivity contribution >= 4 is 23.6 Å². The van der Waals surface area contributed by atoms with Gasteiger partial charge in [0.15, 0.2) is 0 Å². The molecule has 1 heterocycles. The number of carbonyl (C=O) groups excluding carboxylic acids is 1. The normalized spacial score (nSPS) is 11.7. The van der Waals surface area contributed by atoms with Crippen LogP contribution in [0.2, 0.25) is 5.15 Å². The Bertz CT molecular complexity index is 888. The summed E-state index contributed by atoms with van der Waals surface area (Å²) in [6.45, 7) is 13.9. The van der Waals surface area contributed by atoms with Gasteiger partial charge < -0.3 is 4.74 Å². The number of aromatic nitrogens is 2. The molecule has 0 saturated carbocycles. The van der Waals surface area contributed by atoms with Gasteiger partial charge in [-0.05, 0) is 64.5 Å². The Hall–Kier alpha value is -2.14. The predicted octanol–water partition coefficient (Wildman–Crippen LogP) is 6.37. The van der Waals surface area contributed by atoms with Gasteiger partial charge in [-0.2, -0.15) is 0 Å². The highest BCUT2D eigenvalue weighted by molar-refractivity contribution is 6.30. The number of hydrogen-bond acceptors (Lipinski definition) is 4. The average Bonchev–Trinajstić information content (AvgIpc) is 2.60. The molecule has 0 saturated heterocycles. The number of nitrogens with zero attached hydrogens (tertiary/aromatic N) is 3. The standard InChI is InChI=1S/C23H32ClN3O2/c1-14(2)12-13-17-11-9-10-15(3)18(17)19-16(4)20(24)26-21(25-19)27(8)22(28)29-23(5,6)7/h9-11,14H,12-13H2,1-8H3. The summed E-state index contributed by atoms with van der Waals surface area (Å²) in [6, 6.07) is 6.28. The van der Waals surface area contributed by atoms with Crippen LogP contribution in [0.3, 0.4) is 0 Å². The predicted molar refractivity (Wildman–Crippen MR) is 120 cm³/mol. The summed E-state index contributed by atoms with van der Waals surface area (Å²) >= 11 is 6.45. The molecule has 0 spiro atoms. The van der Waals surface area contributed by atoms with Crippen molar-refractivity contribution in [3.63, 3.8) is 0 Å². The lowest BCUT2D eigenvalue weighted by atomic mass is 9.92. The molecule has 1 aromatic carbocycles. The molecule has 0 radical (unpaired) electrons. The first-order valence-corrected chi connectivity index (χ1v) is 10.4. The molecule has 0 aliphatic carbocycles. The second kappa shape index (κ2) is 9.12. The number of anilines is 1. The Morgan fingerprint density at radius 1 is 1.21 bits per heavy atom. The summed E-state index contributed by atoms with van der Waals surface area (Å²) in [6.07, 6.45) is 1.51. The van der Waals surface area contributed by atoms with Crippen LogP contribution in [-0.4, -0.2) is 28.7 Å². The second-order valence-corrected chi connectivity index (χ2v) is 9.23. The molecule has 1 amide bonds. The van der Waals surface area contributed by atoms with Crippen molar-refractivity contribution in [3.8, 4) is 11.3 Å². The first-order valence-electron chi connectivity index (χ1n) is 10.0. The van der Waals surface area contributed by atoms with E-state index in [4.69, 9.17) is 21.3 Å². The summed E-state index contributed by atoms with van der Waals surface area (Å²) in [5.41, 5.74) is 4.36. The number of hydrogen-bond donors (Lipinski definition) is 0. The largest absolute Gasteiger partial charge is 0.443 e. The van der Waals surface area contributed by atoms with Crippen molar-refractivity contribution in [1.29, 1.82) is 0 Å². The lowest BCUT2D eigenvalue weighted by Gasteiger charge is -2.24. The minimum Gasteiger partial charge on any atom is -0.443 e. The Morgan fingerprint density at radius 3 is 2.45 bits per heavy atom. The Morgan fingerprint density at radius 2 is 1.86 bits per heavy atom. The number of carbonyl (C=O) groups is 1. The first kappa shape index (κ1) is 23.1. The highest BCUT2D eigenvalue weighted by atomic mass is 35.5. The topological polar surface area (TPSA) is 55.3 Å². The van der Waals surface area contributed by atoms with E-state index in [2.05, 4.69) is 44.0 Å². The molecule has 2 rings (SSSR count). The molecule has 29 heavy (non-hydrogen) atoms. The van der Waals surface area contributed by atoms with Crippen molar-refractivity contribution in [2.45, 2.75) is 66.9 Å². The SMILES string of the molecule is Cc1cccc(CCC(C)C)c1-c1nc(N(C)C(=O)OC(C)(C)C)nc(Cl)c1C. The van der Waals surface area contributed by atoms with E-state index in [1.54, 1.807) is 7.05 Å². The van der Waals surface area contributed by atoms with Crippen molar-refractivity contribution in [2.24, 2.45) is 5.92 Å². The number of amides is 1. The van der Waals surface area contributed by atoms with Crippen LogP contribution >= 0.6 is 11.6 Å². The molecule has 0 aliphatic rings. The maximum absolute atomic E-state index is 12.5. The van der Waals surface area contributed by atoms with Gasteiger partial charge in [-0.3, -0.25) is 0 Å². The van der Waals surface area contributed by atoms with Gasteiger partial charge in [0.2, 0.25) is 5.95 Å². The fourth-order valence-electron chi connectivity index (χ4n) is 3.00. The Balaban J connectivity index is 2.54. The summed E-state index contributed by atoms with van der Waals surface area (Å²) in [7, 11) is 1.59. The van der Waals surface area contributed by atoms with Gasteiger partial charge in [0.25, 0.3) is 0 Å². The zero-order valence-electron chi connectivity index (χ0n) is 18.8. The van der Waals surface area contributed by atoms with Gasteiger partial charge in [-0.25, -0.2) is 19.7 Å². The maximum Gasteiger partial charge on any atom is 0.416 e. The summed E-state index contributed by atoms with van der Waals surface area (Å²) in [5, 5.41) is 0.332. The number of rotatable bonds is 5. The highest BCUT2D eigenvalue weighted by Gasteiger charge is 2.24.